The van der Waals surface area contributed by atoms with Gasteiger partial charge in [0.1, 0.15) is 11.6 Å². The molecule has 1 fully saturated rings. The van der Waals surface area contributed by atoms with E-state index in [0.29, 0.717) is 22.6 Å². The van der Waals surface area contributed by atoms with Crippen LogP contribution in [0.4, 0.5) is 5.82 Å². The van der Waals surface area contributed by atoms with E-state index in [2.05, 4.69) is 28.9 Å². The fourth-order valence-corrected chi connectivity index (χ4v) is 3.88. The molecule has 0 aliphatic carbocycles. The summed E-state index contributed by atoms with van der Waals surface area (Å²) in [7, 11) is 0. The Labute approximate surface area is 154 Å². The molecular weight excluding hydrogens is 328 g/mol. The van der Waals surface area contributed by atoms with E-state index in [1.54, 1.807) is 0 Å². The van der Waals surface area contributed by atoms with Gasteiger partial charge in [-0.15, -0.1) is 0 Å². The van der Waals surface area contributed by atoms with Crippen LogP contribution in [0.2, 0.25) is 0 Å². The number of carbonyl (C=O) groups is 1. The second-order valence-corrected chi connectivity index (χ2v) is 8.06. The van der Waals surface area contributed by atoms with Gasteiger partial charge in [-0.3, -0.25) is 4.79 Å². The molecule has 6 heteroatoms. The molecule has 0 unspecified atom stereocenters. The van der Waals surface area contributed by atoms with Crippen LogP contribution >= 0.6 is 0 Å². The molecule has 1 amide bonds. The molecule has 2 N–H and O–H groups in total. The summed E-state index contributed by atoms with van der Waals surface area (Å²) in [4.78, 5) is 19.2. The first-order valence-electron chi connectivity index (χ1n) is 9.19. The highest BCUT2D eigenvalue weighted by Gasteiger charge is 2.28. The highest BCUT2D eigenvalue weighted by atomic mass is 16.5. The Kier molecular flexibility index (Phi) is 4.78. The minimum absolute atomic E-state index is 0.313. The molecule has 26 heavy (non-hydrogen) atoms. The number of hydrogen-bond acceptors (Lipinski definition) is 5. The summed E-state index contributed by atoms with van der Waals surface area (Å²) in [5.41, 5.74) is 9.95. The van der Waals surface area contributed by atoms with Gasteiger partial charge >= 0.3 is 0 Å². The Balaban J connectivity index is 2.08. The Hall–Kier alpha value is -2.37. The molecule has 3 heterocycles. The van der Waals surface area contributed by atoms with Gasteiger partial charge in [0.05, 0.1) is 11.3 Å². The number of aromatic nitrogens is 2. The van der Waals surface area contributed by atoms with E-state index < -0.39 is 5.91 Å². The van der Waals surface area contributed by atoms with E-state index in [-0.39, 0.29) is 0 Å². The third-order valence-corrected chi connectivity index (χ3v) is 5.51. The number of hydrogen-bond donors (Lipinski definition) is 1. The average molecular weight is 356 g/mol. The van der Waals surface area contributed by atoms with E-state index >= 15 is 0 Å². The maximum Gasteiger partial charge on any atom is 0.252 e. The average Bonchev–Trinajstić information content (AvgIpc) is 2.77. The van der Waals surface area contributed by atoms with Crippen molar-refractivity contribution in [2.75, 3.05) is 18.0 Å². The van der Waals surface area contributed by atoms with Gasteiger partial charge in [0.25, 0.3) is 5.91 Å². The normalized spacial score (nSPS) is 17.2. The van der Waals surface area contributed by atoms with E-state index in [1.807, 2.05) is 27.0 Å². The minimum Gasteiger partial charge on any atom is -0.365 e. The number of pyridine rings is 1. The zero-order valence-corrected chi connectivity index (χ0v) is 16.3. The van der Waals surface area contributed by atoms with Gasteiger partial charge in [-0.2, -0.15) is 0 Å². The maximum atomic E-state index is 12.3. The second-order valence-electron chi connectivity index (χ2n) is 8.06. The van der Waals surface area contributed by atoms with Crippen LogP contribution < -0.4 is 10.6 Å². The molecular formula is C20H28N4O2. The van der Waals surface area contributed by atoms with Crippen LogP contribution in [0.25, 0.3) is 11.1 Å². The number of primary amides is 1. The molecule has 0 radical (unpaired) electrons. The number of anilines is 1. The van der Waals surface area contributed by atoms with Crippen molar-refractivity contribution in [3.05, 3.63) is 28.8 Å². The highest BCUT2D eigenvalue weighted by Crippen LogP contribution is 2.36. The molecule has 2 aromatic rings. The first kappa shape index (κ1) is 18.4. The van der Waals surface area contributed by atoms with Crippen molar-refractivity contribution in [1.82, 2.24) is 10.1 Å². The molecule has 0 spiro atoms. The van der Waals surface area contributed by atoms with Gasteiger partial charge in [-0.25, -0.2) is 4.98 Å². The summed E-state index contributed by atoms with van der Waals surface area (Å²) in [6.07, 6.45) is 5.14. The fourth-order valence-electron chi connectivity index (χ4n) is 3.88. The van der Waals surface area contributed by atoms with Crippen molar-refractivity contribution in [1.29, 1.82) is 0 Å². The van der Waals surface area contributed by atoms with Crippen LogP contribution in [0.3, 0.4) is 0 Å². The molecule has 3 rings (SSSR count). The van der Waals surface area contributed by atoms with Crippen molar-refractivity contribution >= 4 is 11.7 Å². The lowest BCUT2D eigenvalue weighted by molar-refractivity contribution is 0.1000. The zero-order chi connectivity index (χ0) is 19.1. The Bertz CT molecular complexity index is 819. The Morgan fingerprint density at radius 1 is 1.23 bits per heavy atom. The van der Waals surface area contributed by atoms with Gasteiger partial charge < -0.3 is 15.2 Å². The van der Waals surface area contributed by atoms with Gasteiger partial charge in [0, 0.05) is 30.4 Å². The smallest absolute Gasteiger partial charge is 0.252 e. The van der Waals surface area contributed by atoms with Crippen LogP contribution in [0.15, 0.2) is 10.7 Å². The van der Waals surface area contributed by atoms with E-state index in [0.717, 1.165) is 48.3 Å². The molecule has 0 bridgehead atoms. The number of carbonyl (C=O) groups excluding carboxylic acids is 1. The fraction of sp³-hybridized carbons (Fsp3) is 0.550. The van der Waals surface area contributed by atoms with Gasteiger partial charge in [0.2, 0.25) is 0 Å². The van der Waals surface area contributed by atoms with E-state index in [4.69, 9.17) is 10.3 Å². The highest BCUT2D eigenvalue weighted by molar-refractivity contribution is 6.01. The minimum atomic E-state index is -0.442. The van der Waals surface area contributed by atoms with Crippen molar-refractivity contribution in [2.45, 2.75) is 53.9 Å². The summed E-state index contributed by atoms with van der Waals surface area (Å²) in [6, 6.07) is 0. The first-order chi connectivity index (χ1) is 12.2. The SMILES string of the molecule is Cc1noc(C)c1-c1cnc(N2CCCC(C)(C)CC2)c(C(N)=O)c1C. The summed E-state index contributed by atoms with van der Waals surface area (Å²) >= 11 is 0. The Morgan fingerprint density at radius 3 is 2.58 bits per heavy atom. The van der Waals surface area contributed by atoms with E-state index in [1.165, 1.54) is 6.42 Å². The topological polar surface area (TPSA) is 85.2 Å². The van der Waals surface area contributed by atoms with Crippen molar-refractivity contribution in [3.8, 4) is 11.1 Å². The molecule has 0 aromatic carbocycles. The summed E-state index contributed by atoms with van der Waals surface area (Å²) in [5, 5.41) is 4.02. The van der Waals surface area contributed by atoms with Gasteiger partial charge in [-0.1, -0.05) is 19.0 Å². The molecule has 1 aliphatic rings. The molecule has 0 saturated carbocycles. The zero-order valence-electron chi connectivity index (χ0n) is 16.3. The maximum absolute atomic E-state index is 12.3. The standard InChI is InChI=1S/C20H28N4O2/c1-12-15(17-13(2)23-26-14(17)3)11-22-19(16(12)18(21)25)24-9-6-7-20(4,5)8-10-24/h11H,6-10H2,1-5H3,(H2,21,25). The van der Waals surface area contributed by atoms with Crippen molar-refractivity contribution in [2.24, 2.45) is 11.1 Å². The predicted molar refractivity (Wildman–Crippen MR) is 102 cm³/mol. The van der Waals surface area contributed by atoms with Crippen LogP contribution in [0.5, 0.6) is 0 Å². The molecule has 1 aliphatic heterocycles. The largest absolute Gasteiger partial charge is 0.365 e. The predicted octanol–water partition coefficient (Wildman–Crippen LogP) is 3.78. The lowest BCUT2D eigenvalue weighted by atomic mass is 9.85. The van der Waals surface area contributed by atoms with Crippen LogP contribution in [-0.4, -0.2) is 29.1 Å². The molecule has 2 aromatic heterocycles. The lowest BCUT2D eigenvalue weighted by Crippen LogP contribution is -2.29. The van der Waals surface area contributed by atoms with Crippen LogP contribution in [0.1, 0.15) is 60.5 Å². The monoisotopic (exact) mass is 356 g/mol. The number of amides is 1. The summed E-state index contributed by atoms with van der Waals surface area (Å²) in [5.74, 6) is 0.970. The van der Waals surface area contributed by atoms with E-state index in [9.17, 15) is 4.79 Å². The first-order valence-corrected chi connectivity index (χ1v) is 9.19. The van der Waals surface area contributed by atoms with Gasteiger partial charge in [-0.05, 0) is 51.0 Å². The number of nitrogens with zero attached hydrogens (tertiary/aromatic N) is 3. The van der Waals surface area contributed by atoms with Crippen LogP contribution in [0, 0.1) is 26.2 Å². The second kappa shape index (κ2) is 6.74. The number of aryl methyl sites for hydroxylation is 2. The van der Waals surface area contributed by atoms with Crippen LogP contribution in [-0.2, 0) is 0 Å². The molecule has 0 atom stereocenters. The number of nitrogens with two attached hydrogens (primary N) is 1. The third-order valence-electron chi connectivity index (χ3n) is 5.51. The summed E-state index contributed by atoms with van der Waals surface area (Å²) in [6.45, 7) is 12.0. The third kappa shape index (κ3) is 3.32. The van der Waals surface area contributed by atoms with Gasteiger partial charge in [0.15, 0.2) is 0 Å². The summed E-state index contributed by atoms with van der Waals surface area (Å²) < 4.78 is 5.29. The lowest BCUT2D eigenvalue weighted by Gasteiger charge is -2.26. The molecule has 1 saturated heterocycles. The van der Waals surface area contributed by atoms with Crippen molar-refractivity contribution < 1.29 is 9.32 Å². The Morgan fingerprint density at radius 2 is 1.96 bits per heavy atom. The quantitative estimate of drug-likeness (QED) is 0.904. The molecule has 6 nitrogen and oxygen atoms in total. The number of rotatable bonds is 3. The van der Waals surface area contributed by atoms with Crippen molar-refractivity contribution in [3.63, 3.8) is 0 Å². The molecule has 140 valence electrons.